The Balaban J connectivity index is 2.60. The summed E-state index contributed by atoms with van der Waals surface area (Å²) in [5.41, 5.74) is 2.36. The van der Waals surface area contributed by atoms with Gasteiger partial charge < -0.3 is 4.98 Å². The van der Waals surface area contributed by atoms with E-state index in [0.29, 0.717) is 0 Å². The van der Waals surface area contributed by atoms with Gasteiger partial charge in [-0.05, 0) is 23.3 Å². The number of rotatable bonds is 3. The normalized spacial score (nSPS) is 13.0. The molecule has 1 aromatic carbocycles. The van der Waals surface area contributed by atoms with Gasteiger partial charge in [-0.2, -0.15) is 0 Å². The second-order valence-corrected chi connectivity index (χ2v) is 3.93. The Hall–Kier alpha value is -2.02. The number of nitrogens with one attached hydrogen (secondary N) is 1. The molecule has 0 aliphatic carbocycles. The van der Waals surface area contributed by atoms with E-state index in [4.69, 9.17) is 0 Å². The van der Waals surface area contributed by atoms with Gasteiger partial charge in [0.2, 0.25) is 0 Å². The van der Waals surface area contributed by atoms with Crippen LogP contribution in [-0.4, -0.2) is 4.98 Å². The van der Waals surface area contributed by atoms with Gasteiger partial charge in [0.15, 0.2) is 0 Å². The number of hydrogen-bond acceptors (Lipinski definition) is 0. The van der Waals surface area contributed by atoms with Crippen molar-refractivity contribution in [3.8, 4) is 11.3 Å². The van der Waals surface area contributed by atoms with Gasteiger partial charge >= 0.3 is 0 Å². The van der Waals surface area contributed by atoms with E-state index in [9.17, 15) is 0 Å². The molecule has 0 radical (unpaired) electrons. The zero-order chi connectivity index (χ0) is 12.1. The lowest BCUT2D eigenvalue weighted by Gasteiger charge is -1.94. The first kappa shape index (κ1) is 11.5. The highest BCUT2D eigenvalue weighted by molar-refractivity contribution is 5.60. The maximum absolute atomic E-state index is 3.76. The number of H-pyrrole nitrogens is 1. The summed E-state index contributed by atoms with van der Waals surface area (Å²) in [6, 6.07) is 12.5. The van der Waals surface area contributed by atoms with Crippen molar-refractivity contribution >= 4 is 12.2 Å². The highest BCUT2D eigenvalue weighted by Crippen LogP contribution is 2.12. The van der Waals surface area contributed by atoms with Crippen molar-refractivity contribution in [2.75, 3.05) is 0 Å². The van der Waals surface area contributed by atoms with Gasteiger partial charge in [-0.1, -0.05) is 62.1 Å². The van der Waals surface area contributed by atoms with Crippen LogP contribution in [0.3, 0.4) is 0 Å². The van der Waals surface area contributed by atoms with Crippen LogP contribution in [-0.2, 0) is 0 Å². The van der Waals surface area contributed by atoms with E-state index in [1.807, 2.05) is 18.2 Å². The quantitative estimate of drug-likeness (QED) is 0.823. The average Bonchev–Trinajstić information content (AvgIpc) is 2.75. The number of aromatic nitrogens is 1. The third-order valence-corrected chi connectivity index (χ3v) is 2.67. The zero-order valence-electron chi connectivity index (χ0n) is 10.1. The minimum atomic E-state index is 1.02. The van der Waals surface area contributed by atoms with Crippen LogP contribution in [0.4, 0.5) is 0 Å². The molecule has 0 unspecified atom stereocenters. The lowest BCUT2D eigenvalue weighted by Crippen LogP contribution is -2.21. The lowest BCUT2D eigenvalue weighted by molar-refractivity contribution is 1.23. The molecule has 1 nitrogen and oxygen atoms in total. The van der Waals surface area contributed by atoms with Gasteiger partial charge in [0, 0.05) is 11.0 Å². The molecule has 1 N–H and O–H groups in total. The first-order valence-corrected chi connectivity index (χ1v) is 5.92. The highest BCUT2D eigenvalue weighted by Gasteiger charge is 1.98. The standard InChI is InChI=1S/C16H17N/c1-3-8-14-12-16(17-15(14)9-4-2)13-10-6-5-7-11-13/h3,5-12,17H,1,4H2,2H3/b14-8-,15-9+. The molecule has 2 aromatic rings. The second kappa shape index (κ2) is 5.35. The number of benzene rings is 1. The summed E-state index contributed by atoms with van der Waals surface area (Å²) in [7, 11) is 0. The molecule has 0 aliphatic rings. The topological polar surface area (TPSA) is 15.8 Å². The molecule has 0 amide bonds. The molecule has 1 heterocycles. The number of aromatic amines is 1. The fraction of sp³-hybridized carbons (Fsp3) is 0.125. The summed E-state index contributed by atoms with van der Waals surface area (Å²) in [5.74, 6) is 0. The Kier molecular flexibility index (Phi) is 3.61. The molecule has 0 spiro atoms. The van der Waals surface area contributed by atoms with Gasteiger partial charge in [0.25, 0.3) is 0 Å². The second-order valence-electron chi connectivity index (χ2n) is 3.93. The Morgan fingerprint density at radius 2 is 2.00 bits per heavy atom. The van der Waals surface area contributed by atoms with Gasteiger partial charge in [0.05, 0.1) is 0 Å². The zero-order valence-corrected chi connectivity index (χ0v) is 10.1. The summed E-state index contributed by atoms with van der Waals surface area (Å²) in [5, 5.41) is 2.37. The van der Waals surface area contributed by atoms with Crippen molar-refractivity contribution < 1.29 is 0 Å². The molecule has 1 aromatic heterocycles. The van der Waals surface area contributed by atoms with Gasteiger partial charge in [-0.3, -0.25) is 0 Å². The summed E-state index contributed by atoms with van der Waals surface area (Å²) in [6.07, 6.45) is 7.07. The molecule has 0 bridgehead atoms. The Labute approximate surface area is 102 Å². The maximum atomic E-state index is 3.76. The van der Waals surface area contributed by atoms with E-state index < -0.39 is 0 Å². The van der Waals surface area contributed by atoms with E-state index in [1.165, 1.54) is 16.1 Å². The minimum absolute atomic E-state index is 1.02. The summed E-state index contributed by atoms with van der Waals surface area (Å²) < 4.78 is 0. The SMILES string of the molecule is C=C/C=c1/cc(-c2ccccc2)[nH]/c1=C/CC. The Bertz CT molecular complexity index is 603. The van der Waals surface area contributed by atoms with Crippen LogP contribution in [0.25, 0.3) is 23.4 Å². The Morgan fingerprint density at radius 3 is 2.65 bits per heavy atom. The molecule has 2 rings (SSSR count). The fourth-order valence-electron chi connectivity index (χ4n) is 1.90. The van der Waals surface area contributed by atoms with E-state index in [2.05, 4.69) is 54.9 Å². The lowest BCUT2D eigenvalue weighted by atomic mass is 10.1. The van der Waals surface area contributed by atoms with Gasteiger partial charge in [-0.25, -0.2) is 0 Å². The van der Waals surface area contributed by atoms with Crippen molar-refractivity contribution in [1.82, 2.24) is 4.98 Å². The van der Waals surface area contributed by atoms with Crippen molar-refractivity contribution in [1.29, 1.82) is 0 Å². The smallest absolute Gasteiger partial charge is 0.0464 e. The van der Waals surface area contributed by atoms with E-state index in [0.717, 1.165) is 12.1 Å². The molecule has 0 aliphatic heterocycles. The molecular weight excluding hydrogens is 206 g/mol. The Morgan fingerprint density at radius 1 is 1.24 bits per heavy atom. The third-order valence-electron chi connectivity index (χ3n) is 2.67. The predicted octanol–water partition coefficient (Wildman–Crippen LogP) is 2.84. The molecule has 1 heteroatoms. The average molecular weight is 223 g/mol. The molecule has 0 saturated heterocycles. The van der Waals surface area contributed by atoms with Crippen molar-refractivity contribution in [2.45, 2.75) is 13.3 Å². The van der Waals surface area contributed by atoms with Crippen molar-refractivity contribution in [3.63, 3.8) is 0 Å². The van der Waals surface area contributed by atoms with Gasteiger partial charge in [-0.15, -0.1) is 0 Å². The van der Waals surface area contributed by atoms with E-state index in [-0.39, 0.29) is 0 Å². The van der Waals surface area contributed by atoms with Crippen molar-refractivity contribution in [2.24, 2.45) is 0 Å². The van der Waals surface area contributed by atoms with Crippen LogP contribution >= 0.6 is 0 Å². The van der Waals surface area contributed by atoms with Crippen LogP contribution in [0.1, 0.15) is 13.3 Å². The largest absolute Gasteiger partial charge is 0.355 e. The highest BCUT2D eigenvalue weighted by atomic mass is 14.7. The van der Waals surface area contributed by atoms with Crippen LogP contribution in [0.5, 0.6) is 0 Å². The first-order valence-electron chi connectivity index (χ1n) is 5.92. The van der Waals surface area contributed by atoms with E-state index >= 15 is 0 Å². The molecule has 0 saturated carbocycles. The number of allylic oxidation sites excluding steroid dienone is 1. The van der Waals surface area contributed by atoms with E-state index in [1.54, 1.807) is 0 Å². The predicted molar refractivity (Wildman–Crippen MR) is 74.9 cm³/mol. The van der Waals surface area contributed by atoms with Crippen LogP contribution in [0.15, 0.2) is 49.1 Å². The maximum Gasteiger partial charge on any atom is 0.0464 e. The summed E-state index contributed by atoms with van der Waals surface area (Å²) in [6.45, 7) is 5.90. The summed E-state index contributed by atoms with van der Waals surface area (Å²) in [4.78, 5) is 3.45. The molecular formula is C16H17N. The first-order chi connectivity index (χ1) is 8.35. The van der Waals surface area contributed by atoms with Crippen LogP contribution in [0, 0.1) is 0 Å². The fourth-order valence-corrected chi connectivity index (χ4v) is 1.90. The third kappa shape index (κ3) is 2.56. The number of hydrogen-bond donors (Lipinski definition) is 1. The monoisotopic (exact) mass is 223 g/mol. The van der Waals surface area contributed by atoms with Crippen molar-refractivity contribution in [3.05, 3.63) is 59.6 Å². The minimum Gasteiger partial charge on any atom is -0.355 e. The molecule has 86 valence electrons. The molecule has 17 heavy (non-hydrogen) atoms. The van der Waals surface area contributed by atoms with Gasteiger partial charge in [0.1, 0.15) is 0 Å². The van der Waals surface area contributed by atoms with Crippen LogP contribution < -0.4 is 10.6 Å². The summed E-state index contributed by atoms with van der Waals surface area (Å²) >= 11 is 0. The van der Waals surface area contributed by atoms with Crippen LogP contribution in [0.2, 0.25) is 0 Å². The molecule has 0 fully saturated rings. The molecule has 0 atom stereocenters.